The first-order chi connectivity index (χ1) is 9.38. The van der Waals surface area contributed by atoms with Gasteiger partial charge in [-0.05, 0) is 62.8 Å². The van der Waals surface area contributed by atoms with Crippen LogP contribution in [-0.4, -0.2) is 10.1 Å². The number of aryl methyl sites for hydroxylation is 1. The Kier molecular flexibility index (Phi) is 3.44. The van der Waals surface area contributed by atoms with Crippen LogP contribution in [0, 0.1) is 0 Å². The van der Waals surface area contributed by atoms with Gasteiger partial charge in [0.25, 0.3) is 0 Å². The molecule has 2 aromatic rings. The zero-order valence-corrected chi connectivity index (χ0v) is 13.1. The average Bonchev–Trinajstić information content (AvgIpc) is 2.35. The first-order valence-corrected chi connectivity index (χ1v) is 7.67. The minimum Gasteiger partial charge on any atom is -0.386 e. The third-order valence-electron chi connectivity index (χ3n) is 3.90. The number of aromatic nitrogens is 1. The summed E-state index contributed by atoms with van der Waals surface area (Å²) in [5.41, 5.74) is 2.99. The van der Waals surface area contributed by atoms with Crippen molar-refractivity contribution < 1.29 is 5.11 Å². The number of pyridine rings is 1. The lowest BCUT2D eigenvalue weighted by Gasteiger charge is -2.28. The summed E-state index contributed by atoms with van der Waals surface area (Å²) in [6, 6.07) is 3.57. The van der Waals surface area contributed by atoms with Crippen molar-refractivity contribution in [3.8, 4) is 0 Å². The van der Waals surface area contributed by atoms with Gasteiger partial charge in [0, 0.05) is 16.1 Å². The standard InChI is InChI=1S/C16H17Cl2NO/c1-16(2,20)14-10-5-3-4-6-13(10)19-15-11(14)7-9(17)8-12(15)18/h7-8,20H,3-6H2,1-2H3. The summed E-state index contributed by atoms with van der Waals surface area (Å²) in [6.45, 7) is 3.62. The van der Waals surface area contributed by atoms with Crippen molar-refractivity contribution in [2.45, 2.75) is 45.1 Å². The van der Waals surface area contributed by atoms with Crippen molar-refractivity contribution in [3.63, 3.8) is 0 Å². The molecule has 1 aliphatic carbocycles. The van der Waals surface area contributed by atoms with E-state index in [4.69, 9.17) is 28.2 Å². The van der Waals surface area contributed by atoms with Gasteiger partial charge in [0.15, 0.2) is 0 Å². The van der Waals surface area contributed by atoms with E-state index >= 15 is 0 Å². The van der Waals surface area contributed by atoms with E-state index in [1.165, 1.54) is 5.56 Å². The Hall–Kier alpha value is -0.830. The molecule has 0 spiro atoms. The molecule has 1 aromatic carbocycles. The highest BCUT2D eigenvalue weighted by molar-refractivity contribution is 6.38. The number of hydrogen-bond acceptors (Lipinski definition) is 2. The molecule has 20 heavy (non-hydrogen) atoms. The molecule has 0 atom stereocenters. The summed E-state index contributed by atoms with van der Waals surface area (Å²) in [4.78, 5) is 4.73. The number of hydrogen-bond donors (Lipinski definition) is 1. The predicted octanol–water partition coefficient (Wildman–Crippen LogP) is 4.65. The van der Waals surface area contributed by atoms with Crippen LogP contribution in [0.3, 0.4) is 0 Å². The molecule has 1 heterocycles. The van der Waals surface area contributed by atoms with Gasteiger partial charge in [0.05, 0.1) is 16.1 Å². The second kappa shape index (κ2) is 4.87. The van der Waals surface area contributed by atoms with Crippen LogP contribution in [-0.2, 0) is 18.4 Å². The van der Waals surface area contributed by atoms with E-state index in [9.17, 15) is 5.11 Å². The molecule has 0 aliphatic heterocycles. The fraction of sp³-hybridized carbons (Fsp3) is 0.438. The third kappa shape index (κ3) is 2.30. The molecule has 2 nitrogen and oxygen atoms in total. The summed E-state index contributed by atoms with van der Waals surface area (Å²) >= 11 is 12.4. The van der Waals surface area contributed by atoms with Crippen LogP contribution in [0.1, 0.15) is 43.5 Å². The van der Waals surface area contributed by atoms with Gasteiger partial charge in [-0.1, -0.05) is 23.2 Å². The first-order valence-electron chi connectivity index (χ1n) is 6.91. The van der Waals surface area contributed by atoms with Gasteiger partial charge in [0.1, 0.15) is 0 Å². The molecule has 0 radical (unpaired) electrons. The van der Waals surface area contributed by atoms with E-state index in [1.54, 1.807) is 6.07 Å². The predicted molar refractivity (Wildman–Crippen MR) is 83.6 cm³/mol. The molecule has 4 heteroatoms. The average molecular weight is 310 g/mol. The fourth-order valence-corrected chi connectivity index (χ4v) is 3.68. The Morgan fingerprint density at radius 1 is 1.15 bits per heavy atom. The maximum Gasteiger partial charge on any atom is 0.0896 e. The smallest absolute Gasteiger partial charge is 0.0896 e. The molecule has 3 rings (SSSR count). The molecule has 0 bridgehead atoms. The monoisotopic (exact) mass is 309 g/mol. The van der Waals surface area contributed by atoms with Crippen LogP contribution in [0.15, 0.2) is 12.1 Å². The first kappa shape index (κ1) is 14.1. The Morgan fingerprint density at radius 3 is 2.55 bits per heavy atom. The molecular weight excluding hydrogens is 293 g/mol. The summed E-state index contributed by atoms with van der Waals surface area (Å²) in [6.07, 6.45) is 4.19. The Labute approximate surface area is 128 Å². The van der Waals surface area contributed by atoms with E-state index < -0.39 is 5.60 Å². The quantitative estimate of drug-likeness (QED) is 0.832. The molecule has 106 valence electrons. The highest BCUT2D eigenvalue weighted by Gasteiger charge is 2.28. The number of halogens is 2. The van der Waals surface area contributed by atoms with E-state index in [1.807, 2.05) is 19.9 Å². The molecule has 0 saturated carbocycles. The topological polar surface area (TPSA) is 33.1 Å². The van der Waals surface area contributed by atoms with Gasteiger partial charge in [-0.15, -0.1) is 0 Å². The lowest BCUT2D eigenvalue weighted by atomic mass is 9.83. The molecular formula is C16H17Cl2NO. The lowest BCUT2D eigenvalue weighted by Crippen LogP contribution is -2.22. The Balaban J connectivity index is 2.46. The van der Waals surface area contributed by atoms with Gasteiger partial charge >= 0.3 is 0 Å². The fourth-order valence-electron chi connectivity index (χ4n) is 3.15. The van der Waals surface area contributed by atoms with Crippen LogP contribution in [0.25, 0.3) is 10.9 Å². The zero-order valence-electron chi connectivity index (χ0n) is 11.6. The SMILES string of the molecule is CC(C)(O)c1c2c(nc3c(Cl)cc(Cl)cc13)CCCC2. The van der Waals surface area contributed by atoms with E-state index in [2.05, 4.69) is 0 Å². The van der Waals surface area contributed by atoms with Crippen LogP contribution < -0.4 is 0 Å². The van der Waals surface area contributed by atoms with Crippen molar-refractivity contribution in [1.82, 2.24) is 4.98 Å². The van der Waals surface area contributed by atoms with Gasteiger partial charge in [-0.2, -0.15) is 0 Å². The van der Waals surface area contributed by atoms with Gasteiger partial charge in [-0.3, -0.25) is 4.98 Å². The summed E-state index contributed by atoms with van der Waals surface area (Å²) < 4.78 is 0. The number of aliphatic hydroxyl groups is 1. The van der Waals surface area contributed by atoms with E-state index in [0.717, 1.165) is 47.8 Å². The molecule has 0 amide bonds. The van der Waals surface area contributed by atoms with Gasteiger partial charge < -0.3 is 5.11 Å². The number of nitrogens with zero attached hydrogens (tertiary/aromatic N) is 1. The molecule has 0 fully saturated rings. The summed E-state index contributed by atoms with van der Waals surface area (Å²) in [5, 5.41) is 12.6. The van der Waals surface area contributed by atoms with Crippen LogP contribution in [0.5, 0.6) is 0 Å². The normalized spacial score (nSPS) is 15.4. The zero-order chi connectivity index (χ0) is 14.5. The van der Waals surface area contributed by atoms with Crippen molar-refractivity contribution >= 4 is 34.1 Å². The Bertz CT molecular complexity index is 689. The number of fused-ring (bicyclic) bond motifs is 2. The number of benzene rings is 1. The third-order valence-corrected chi connectivity index (χ3v) is 4.40. The highest BCUT2D eigenvalue weighted by atomic mass is 35.5. The maximum atomic E-state index is 10.6. The van der Waals surface area contributed by atoms with Crippen molar-refractivity contribution in [3.05, 3.63) is 39.0 Å². The second-order valence-electron chi connectivity index (χ2n) is 5.96. The molecule has 1 N–H and O–H groups in total. The van der Waals surface area contributed by atoms with Crippen molar-refractivity contribution in [1.29, 1.82) is 0 Å². The maximum absolute atomic E-state index is 10.6. The Morgan fingerprint density at radius 2 is 1.85 bits per heavy atom. The number of rotatable bonds is 1. The molecule has 1 aromatic heterocycles. The van der Waals surface area contributed by atoms with Crippen LogP contribution >= 0.6 is 23.2 Å². The summed E-state index contributed by atoms with van der Waals surface area (Å²) in [7, 11) is 0. The lowest BCUT2D eigenvalue weighted by molar-refractivity contribution is 0.0789. The van der Waals surface area contributed by atoms with Gasteiger partial charge in [-0.25, -0.2) is 0 Å². The molecule has 0 saturated heterocycles. The molecule has 1 aliphatic rings. The van der Waals surface area contributed by atoms with Crippen LogP contribution in [0.2, 0.25) is 10.0 Å². The second-order valence-corrected chi connectivity index (χ2v) is 6.81. The highest BCUT2D eigenvalue weighted by Crippen LogP contribution is 2.39. The van der Waals surface area contributed by atoms with Gasteiger partial charge in [0.2, 0.25) is 0 Å². The molecule has 0 unspecified atom stereocenters. The van der Waals surface area contributed by atoms with Crippen molar-refractivity contribution in [2.75, 3.05) is 0 Å². The van der Waals surface area contributed by atoms with Crippen molar-refractivity contribution in [2.24, 2.45) is 0 Å². The van der Waals surface area contributed by atoms with Crippen LogP contribution in [0.4, 0.5) is 0 Å². The van der Waals surface area contributed by atoms with E-state index in [-0.39, 0.29) is 0 Å². The largest absolute Gasteiger partial charge is 0.386 e. The van der Waals surface area contributed by atoms with E-state index in [0.29, 0.717) is 10.0 Å². The minimum absolute atomic E-state index is 0.548. The minimum atomic E-state index is -0.934. The summed E-state index contributed by atoms with van der Waals surface area (Å²) in [5.74, 6) is 0.